The van der Waals surface area contributed by atoms with Crippen molar-refractivity contribution in [1.82, 2.24) is 4.98 Å². The summed E-state index contributed by atoms with van der Waals surface area (Å²) in [6.07, 6.45) is 1.13. The molecule has 5 nitrogen and oxygen atoms in total. The summed E-state index contributed by atoms with van der Waals surface area (Å²) in [5, 5.41) is 0. The van der Waals surface area contributed by atoms with E-state index in [0.717, 1.165) is 6.20 Å². The van der Waals surface area contributed by atoms with Crippen LogP contribution in [0.25, 0.3) is 0 Å². The smallest absolute Gasteiger partial charge is 0.210 e. The molecule has 1 aromatic heterocycles. The van der Waals surface area contributed by atoms with Gasteiger partial charge >= 0.3 is 0 Å². The van der Waals surface area contributed by atoms with Gasteiger partial charge in [0.05, 0.1) is 17.7 Å². The van der Waals surface area contributed by atoms with E-state index in [9.17, 15) is 16.8 Å². The predicted octanol–water partition coefficient (Wildman–Crippen LogP) is 3.09. The second kappa shape index (κ2) is 7.07. The van der Waals surface area contributed by atoms with E-state index in [1.165, 1.54) is 0 Å². The minimum absolute atomic E-state index is 0.0389. The SMILES string of the molecule is O=S(=O)(Cc1ccccc1)c1cnc(S(=O)(=O)Cc2ccccc2)s1. The standard InChI is InChI=1S/C17H15NO4S3/c19-24(20,12-14-7-3-1-4-8-14)16-11-18-17(23-16)25(21,22)13-15-9-5-2-6-10-15/h1-11H,12-13H2. The third-order valence-corrected chi connectivity index (χ3v) is 8.83. The fourth-order valence-corrected chi connectivity index (χ4v) is 6.62. The summed E-state index contributed by atoms with van der Waals surface area (Å²) < 4.78 is 49.6. The first-order valence-electron chi connectivity index (χ1n) is 7.36. The molecule has 8 heteroatoms. The van der Waals surface area contributed by atoms with Gasteiger partial charge in [-0.05, 0) is 11.1 Å². The zero-order valence-electron chi connectivity index (χ0n) is 13.1. The second-order valence-corrected chi connectivity index (χ2v) is 10.8. The lowest BCUT2D eigenvalue weighted by molar-refractivity contribution is 0.593. The summed E-state index contributed by atoms with van der Waals surface area (Å²) in [6, 6.07) is 17.5. The summed E-state index contributed by atoms with van der Waals surface area (Å²) in [7, 11) is -7.32. The van der Waals surface area contributed by atoms with Gasteiger partial charge in [0, 0.05) is 0 Å². The molecule has 3 rings (SSSR count). The summed E-state index contributed by atoms with van der Waals surface area (Å²) in [5.74, 6) is -0.395. The van der Waals surface area contributed by atoms with Crippen molar-refractivity contribution >= 4 is 31.0 Å². The van der Waals surface area contributed by atoms with E-state index in [0.29, 0.717) is 22.5 Å². The molecule has 0 aliphatic carbocycles. The monoisotopic (exact) mass is 393 g/mol. The van der Waals surface area contributed by atoms with Crippen LogP contribution in [0.2, 0.25) is 0 Å². The van der Waals surface area contributed by atoms with E-state index in [2.05, 4.69) is 4.98 Å². The van der Waals surface area contributed by atoms with Gasteiger partial charge in [0.1, 0.15) is 4.21 Å². The van der Waals surface area contributed by atoms with Gasteiger partial charge in [-0.25, -0.2) is 21.8 Å². The number of aromatic nitrogens is 1. The molecule has 3 aromatic rings. The molecule has 0 saturated heterocycles. The first-order valence-corrected chi connectivity index (χ1v) is 11.5. The molecule has 0 spiro atoms. The van der Waals surface area contributed by atoms with Crippen molar-refractivity contribution in [3.8, 4) is 0 Å². The second-order valence-electron chi connectivity index (χ2n) is 5.43. The lowest BCUT2D eigenvalue weighted by Gasteiger charge is -2.02. The summed E-state index contributed by atoms with van der Waals surface area (Å²) in [5.41, 5.74) is 1.27. The third kappa shape index (κ3) is 4.33. The van der Waals surface area contributed by atoms with Gasteiger partial charge in [-0.3, -0.25) is 0 Å². The highest BCUT2D eigenvalue weighted by molar-refractivity contribution is 7.95. The highest BCUT2D eigenvalue weighted by Crippen LogP contribution is 2.27. The summed E-state index contributed by atoms with van der Waals surface area (Å²) in [6.45, 7) is 0. The van der Waals surface area contributed by atoms with E-state index in [1.54, 1.807) is 60.7 Å². The highest BCUT2D eigenvalue weighted by Gasteiger charge is 2.25. The Morgan fingerprint density at radius 1 is 0.720 bits per heavy atom. The molecular formula is C17H15NO4S3. The molecule has 0 bridgehead atoms. The Balaban J connectivity index is 1.84. The average molecular weight is 394 g/mol. The van der Waals surface area contributed by atoms with Crippen molar-refractivity contribution in [2.75, 3.05) is 0 Å². The molecule has 0 N–H and O–H groups in total. The van der Waals surface area contributed by atoms with Crippen LogP contribution in [0, 0.1) is 0 Å². The van der Waals surface area contributed by atoms with Crippen molar-refractivity contribution in [2.24, 2.45) is 0 Å². The third-order valence-electron chi connectivity index (χ3n) is 3.43. The van der Waals surface area contributed by atoms with E-state index in [4.69, 9.17) is 0 Å². The number of thiazole rings is 1. The zero-order chi connectivity index (χ0) is 17.9. The molecular weight excluding hydrogens is 378 g/mol. The molecule has 0 fully saturated rings. The van der Waals surface area contributed by atoms with Gasteiger partial charge in [0.15, 0.2) is 9.84 Å². The molecule has 130 valence electrons. The van der Waals surface area contributed by atoms with Crippen molar-refractivity contribution in [2.45, 2.75) is 20.1 Å². The average Bonchev–Trinajstić information content (AvgIpc) is 3.08. The van der Waals surface area contributed by atoms with Crippen LogP contribution in [0.1, 0.15) is 11.1 Å². The molecule has 0 radical (unpaired) electrons. The Morgan fingerprint density at radius 2 is 1.20 bits per heavy atom. The predicted molar refractivity (Wildman–Crippen MR) is 96.8 cm³/mol. The molecule has 0 saturated carbocycles. The van der Waals surface area contributed by atoms with Gasteiger partial charge in [-0.15, -0.1) is 0 Å². The summed E-state index contributed by atoms with van der Waals surface area (Å²) >= 11 is 0.698. The first kappa shape index (κ1) is 17.8. The fourth-order valence-electron chi connectivity index (χ4n) is 2.25. The van der Waals surface area contributed by atoms with Crippen LogP contribution in [0.4, 0.5) is 0 Å². The summed E-state index contributed by atoms with van der Waals surface area (Å²) in [4.78, 5) is 3.84. The molecule has 25 heavy (non-hydrogen) atoms. The van der Waals surface area contributed by atoms with E-state index in [-0.39, 0.29) is 20.1 Å². The Kier molecular flexibility index (Phi) is 5.03. The van der Waals surface area contributed by atoms with E-state index in [1.807, 2.05) is 0 Å². The van der Waals surface area contributed by atoms with Crippen molar-refractivity contribution in [3.63, 3.8) is 0 Å². The number of nitrogens with zero attached hydrogens (tertiary/aromatic N) is 1. The minimum Gasteiger partial charge on any atom is -0.232 e. The highest BCUT2D eigenvalue weighted by atomic mass is 32.3. The Morgan fingerprint density at radius 3 is 1.72 bits per heavy atom. The van der Waals surface area contributed by atoms with Gasteiger partial charge in [-0.2, -0.15) is 0 Å². The molecule has 0 aliphatic heterocycles. The van der Waals surface area contributed by atoms with Crippen LogP contribution in [-0.2, 0) is 31.2 Å². The number of benzene rings is 2. The molecule has 1 heterocycles. The van der Waals surface area contributed by atoms with Gasteiger partial charge in [-0.1, -0.05) is 72.0 Å². The fraction of sp³-hybridized carbons (Fsp3) is 0.118. The van der Waals surface area contributed by atoms with Crippen LogP contribution < -0.4 is 0 Å². The van der Waals surface area contributed by atoms with Crippen LogP contribution in [-0.4, -0.2) is 21.8 Å². The lowest BCUT2D eigenvalue weighted by Crippen LogP contribution is -2.04. The first-order chi connectivity index (χ1) is 11.9. The van der Waals surface area contributed by atoms with Crippen LogP contribution in [0.5, 0.6) is 0 Å². The molecule has 0 atom stereocenters. The maximum absolute atomic E-state index is 12.5. The van der Waals surface area contributed by atoms with E-state index >= 15 is 0 Å². The number of hydrogen-bond acceptors (Lipinski definition) is 6. The van der Waals surface area contributed by atoms with Crippen molar-refractivity contribution in [3.05, 3.63) is 78.0 Å². The topological polar surface area (TPSA) is 81.2 Å². The zero-order valence-corrected chi connectivity index (χ0v) is 15.5. The molecule has 0 unspecified atom stereocenters. The normalized spacial score (nSPS) is 12.2. The number of rotatable bonds is 6. The molecule has 2 aromatic carbocycles. The van der Waals surface area contributed by atoms with E-state index < -0.39 is 19.7 Å². The Labute approximate surface area is 150 Å². The van der Waals surface area contributed by atoms with Gasteiger partial charge in [0.25, 0.3) is 0 Å². The largest absolute Gasteiger partial charge is 0.232 e. The van der Waals surface area contributed by atoms with Gasteiger partial charge in [0.2, 0.25) is 14.2 Å². The molecule has 0 aliphatic rings. The number of hydrogen-bond donors (Lipinski definition) is 0. The van der Waals surface area contributed by atoms with Crippen LogP contribution >= 0.6 is 11.3 Å². The number of sulfone groups is 2. The van der Waals surface area contributed by atoms with Crippen LogP contribution in [0.3, 0.4) is 0 Å². The quantitative estimate of drug-likeness (QED) is 0.643. The molecule has 0 amide bonds. The van der Waals surface area contributed by atoms with Gasteiger partial charge < -0.3 is 0 Å². The minimum atomic E-state index is -3.68. The lowest BCUT2D eigenvalue weighted by atomic mass is 10.2. The maximum atomic E-state index is 12.5. The van der Waals surface area contributed by atoms with Crippen molar-refractivity contribution in [1.29, 1.82) is 0 Å². The Bertz CT molecular complexity index is 971. The Hall–Kier alpha value is -2.03. The van der Waals surface area contributed by atoms with Crippen LogP contribution in [0.15, 0.2) is 75.4 Å². The maximum Gasteiger partial charge on any atom is 0.210 e. The van der Waals surface area contributed by atoms with Crippen molar-refractivity contribution < 1.29 is 16.8 Å².